The lowest BCUT2D eigenvalue weighted by molar-refractivity contribution is -0.0104. The highest BCUT2D eigenvalue weighted by molar-refractivity contribution is 7.14. The Kier molecular flexibility index (Phi) is 3.46. The van der Waals surface area contributed by atoms with Gasteiger partial charge < -0.3 is 14.1 Å². The Balaban J connectivity index is 1.61. The monoisotopic (exact) mass is 319 g/mol. The van der Waals surface area contributed by atoms with Gasteiger partial charge in [-0.2, -0.15) is 0 Å². The van der Waals surface area contributed by atoms with Crippen molar-refractivity contribution in [3.8, 4) is 0 Å². The number of ether oxygens (including phenoxy) is 1. The molecule has 2 aromatic heterocycles. The lowest BCUT2D eigenvalue weighted by atomic mass is 10.2. The fourth-order valence-corrected chi connectivity index (χ4v) is 4.28. The standard InChI is InChI=1S/C15H17N3O3S/c1-9-16-17-14(21-9)11-8-20-6-5-18(11)15(19)13-7-10-3-2-4-12(10)22-13/h7,11H,2-6,8H2,1H3/t11-/m0/s1. The van der Waals surface area contributed by atoms with Crippen LogP contribution in [0.1, 0.15) is 44.4 Å². The highest BCUT2D eigenvalue weighted by Gasteiger charge is 2.34. The number of morpholine rings is 1. The Morgan fingerprint density at radius 3 is 3.09 bits per heavy atom. The van der Waals surface area contributed by atoms with E-state index in [1.54, 1.807) is 23.2 Å². The third kappa shape index (κ3) is 2.34. The minimum atomic E-state index is -0.292. The maximum absolute atomic E-state index is 12.9. The van der Waals surface area contributed by atoms with Crippen LogP contribution in [-0.2, 0) is 17.6 Å². The zero-order valence-corrected chi connectivity index (χ0v) is 13.2. The zero-order valence-electron chi connectivity index (χ0n) is 12.4. The molecule has 1 atom stereocenters. The zero-order chi connectivity index (χ0) is 15.1. The lowest BCUT2D eigenvalue weighted by Gasteiger charge is -2.33. The van der Waals surface area contributed by atoms with Crippen molar-refractivity contribution < 1.29 is 13.9 Å². The average molecular weight is 319 g/mol. The number of carbonyl (C=O) groups is 1. The lowest BCUT2D eigenvalue weighted by Crippen LogP contribution is -2.43. The number of aryl methyl sites for hydroxylation is 3. The fourth-order valence-electron chi connectivity index (χ4n) is 3.07. The molecule has 2 aliphatic rings. The van der Waals surface area contributed by atoms with Crippen LogP contribution < -0.4 is 0 Å². The molecule has 7 heteroatoms. The van der Waals surface area contributed by atoms with Gasteiger partial charge in [0.05, 0.1) is 18.1 Å². The van der Waals surface area contributed by atoms with Gasteiger partial charge in [-0.05, 0) is 30.9 Å². The van der Waals surface area contributed by atoms with E-state index in [0.717, 1.165) is 17.7 Å². The molecule has 1 saturated heterocycles. The number of hydrogen-bond donors (Lipinski definition) is 0. The second kappa shape index (κ2) is 5.48. The third-order valence-corrected chi connectivity index (χ3v) is 5.40. The van der Waals surface area contributed by atoms with E-state index in [-0.39, 0.29) is 11.9 Å². The van der Waals surface area contributed by atoms with Gasteiger partial charge in [-0.15, -0.1) is 21.5 Å². The molecule has 6 nitrogen and oxygen atoms in total. The number of aromatic nitrogens is 2. The van der Waals surface area contributed by atoms with Crippen molar-refractivity contribution in [2.75, 3.05) is 19.8 Å². The number of carbonyl (C=O) groups excluding carboxylic acids is 1. The van der Waals surface area contributed by atoms with Gasteiger partial charge in [0, 0.05) is 18.3 Å². The molecule has 3 heterocycles. The molecule has 0 saturated carbocycles. The first-order valence-corrected chi connectivity index (χ1v) is 8.34. The van der Waals surface area contributed by atoms with Crippen molar-refractivity contribution in [3.63, 3.8) is 0 Å². The molecular formula is C15H17N3O3S. The molecule has 1 amide bonds. The van der Waals surface area contributed by atoms with Gasteiger partial charge in [-0.25, -0.2) is 0 Å². The number of amides is 1. The Labute approximate surface area is 132 Å². The van der Waals surface area contributed by atoms with Gasteiger partial charge in [-0.3, -0.25) is 4.79 Å². The van der Waals surface area contributed by atoms with Crippen molar-refractivity contribution in [3.05, 3.63) is 33.2 Å². The number of rotatable bonds is 2. The summed E-state index contributed by atoms with van der Waals surface area (Å²) in [5.41, 5.74) is 1.34. The van der Waals surface area contributed by atoms with Crippen LogP contribution in [0.4, 0.5) is 0 Å². The topological polar surface area (TPSA) is 68.5 Å². The largest absolute Gasteiger partial charge is 0.423 e. The molecule has 2 aromatic rings. The van der Waals surface area contributed by atoms with Gasteiger partial charge >= 0.3 is 0 Å². The van der Waals surface area contributed by atoms with Crippen LogP contribution in [0.15, 0.2) is 10.5 Å². The first-order valence-electron chi connectivity index (χ1n) is 7.52. The van der Waals surface area contributed by atoms with E-state index >= 15 is 0 Å². The molecule has 116 valence electrons. The molecule has 22 heavy (non-hydrogen) atoms. The van der Waals surface area contributed by atoms with Gasteiger partial charge in [-0.1, -0.05) is 0 Å². The predicted octanol–water partition coefficient (Wildman–Crippen LogP) is 2.14. The molecule has 4 rings (SSSR count). The number of hydrogen-bond acceptors (Lipinski definition) is 6. The summed E-state index contributed by atoms with van der Waals surface area (Å²) in [6.45, 7) is 3.24. The molecular weight excluding hydrogens is 302 g/mol. The predicted molar refractivity (Wildman–Crippen MR) is 80.0 cm³/mol. The highest BCUT2D eigenvalue weighted by Crippen LogP contribution is 2.33. The summed E-state index contributed by atoms with van der Waals surface area (Å²) in [6, 6.07) is 1.76. The molecule has 0 unspecified atom stereocenters. The Bertz CT molecular complexity index is 687. The SMILES string of the molecule is Cc1nnc([C@@H]2COCCN2C(=O)c2cc3c(s2)CCC3)o1. The van der Waals surface area contributed by atoms with E-state index in [9.17, 15) is 4.79 Å². The third-order valence-electron chi connectivity index (χ3n) is 4.17. The number of thiophene rings is 1. The van der Waals surface area contributed by atoms with Crippen molar-refractivity contribution in [1.29, 1.82) is 0 Å². The molecule has 1 aliphatic heterocycles. The van der Waals surface area contributed by atoms with E-state index in [1.807, 2.05) is 0 Å². The summed E-state index contributed by atoms with van der Waals surface area (Å²) in [5.74, 6) is 1.00. The van der Waals surface area contributed by atoms with Crippen molar-refractivity contribution in [1.82, 2.24) is 15.1 Å². The van der Waals surface area contributed by atoms with Gasteiger partial charge in [0.25, 0.3) is 5.91 Å². The molecule has 1 aliphatic carbocycles. The average Bonchev–Trinajstić information content (AvgIpc) is 3.21. The fraction of sp³-hybridized carbons (Fsp3) is 0.533. The van der Waals surface area contributed by atoms with Crippen LogP contribution in [0.25, 0.3) is 0 Å². The summed E-state index contributed by atoms with van der Waals surface area (Å²) in [4.78, 5) is 16.9. The Morgan fingerprint density at radius 1 is 1.41 bits per heavy atom. The van der Waals surface area contributed by atoms with Gasteiger partial charge in [0.2, 0.25) is 11.8 Å². The summed E-state index contributed by atoms with van der Waals surface area (Å²) in [5, 5.41) is 7.92. The number of nitrogens with zero attached hydrogens (tertiary/aromatic N) is 3. The maximum Gasteiger partial charge on any atom is 0.264 e. The van der Waals surface area contributed by atoms with Crippen molar-refractivity contribution in [2.24, 2.45) is 0 Å². The smallest absolute Gasteiger partial charge is 0.264 e. The van der Waals surface area contributed by atoms with Crippen LogP contribution in [0.3, 0.4) is 0 Å². The van der Waals surface area contributed by atoms with Crippen LogP contribution in [0.2, 0.25) is 0 Å². The summed E-state index contributed by atoms with van der Waals surface area (Å²) >= 11 is 1.63. The summed E-state index contributed by atoms with van der Waals surface area (Å²) < 4.78 is 11.0. The molecule has 0 spiro atoms. The summed E-state index contributed by atoms with van der Waals surface area (Å²) in [6.07, 6.45) is 3.40. The van der Waals surface area contributed by atoms with Crippen molar-refractivity contribution >= 4 is 17.2 Å². The second-order valence-electron chi connectivity index (χ2n) is 5.66. The van der Waals surface area contributed by atoms with Crippen molar-refractivity contribution in [2.45, 2.75) is 32.2 Å². The quantitative estimate of drug-likeness (QED) is 0.848. The van der Waals surface area contributed by atoms with Crippen LogP contribution in [0.5, 0.6) is 0 Å². The minimum absolute atomic E-state index is 0.0450. The van der Waals surface area contributed by atoms with Gasteiger partial charge in [0.15, 0.2) is 0 Å². The molecule has 1 fully saturated rings. The maximum atomic E-state index is 12.9. The molecule has 0 radical (unpaired) electrons. The normalized spacial score (nSPS) is 21.1. The minimum Gasteiger partial charge on any atom is -0.423 e. The van der Waals surface area contributed by atoms with E-state index < -0.39 is 0 Å². The van der Waals surface area contributed by atoms with E-state index in [0.29, 0.717) is 31.5 Å². The first kappa shape index (κ1) is 13.9. The van der Waals surface area contributed by atoms with Gasteiger partial charge in [0.1, 0.15) is 6.04 Å². The van der Waals surface area contributed by atoms with E-state index in [4.69, 9.17) is 9.15 Å². The van der Waals surface area contributed by atoms with E-state index in [2.05, 4.69) is 16.3 Å². The highest BCUT2D eigenvalue weighted by atomic mass is 32.1. The van der Waals surface area contributed by atoms with Crippen LogP contribution in [-0.4, -0.2) is 40.8 Å². The van der Waals surface area contributed by atoms with E-state index in [1.165, 1.54) is 16.9 Å². The van der Waals surface area contributed by atoms with Crippen LogP contribution >= 0.6 is 11.3 Å². The summed E-state index contributed by atoms with van der Waals surface area (Å²) in [7, 11) is 0. The second-order valence-corrected chi connectivity index (χ2v) is 6.80. The first-order chi connectivity index (χ1) is 10.7. The Hall–Kier alpha value is -1.73. The van der Waals surface area contributed by atoms with Crippen LogP contribution in [0, 0.1) is 6.92 Å². The molecule has 0 bridgehead atoms. The molecule has 0 aromatic carbocycles. The Morgan fingerprint density at radius 2 is 2.32 bits per heavy atom. The number of fused-ring (bicyclic) bond motifs is 1. The molecule has 0 N–H and O–H groups in total.